The molecule has 0 spiro atoms. The lowest BCUT2D eigenvalue weighted by Crippen LogP contribution is -2.47. The lowest BCUT2D eigenvalue weighted by atomic mass is 10.1. The first kappa shape index (κ1) is 14.7. The SMILES string of the molecule is CCCCN1C(=O)C(CC(=O)O)Oc2ccc(Cl)cc21. The molecule has 5 nitrogen and oxygen atoms in total. The lowest BCUT2D eigenvalue weighted by molar-refractivity contribution is -0.142. The lowest BCUT2D eigenvalue weighted by Gasteiger charge is -2.34. The third kappa shape index (κ3) is 3.04. The van der Waals surface area contributed by atoms with Crippen LogP contribution in [0.3, 0.4) is 0 Å². The Morgan fingerprint density at radius 3 is 2.90 bits per heavy atom. The van der Waals surface area contributed by atoms with E-state index in [0.717, 1.165) is 12.8 Å². The van der Waals surface area contributed by atoms with E-state index in [2.05, 4.69) is 0 Å². The Balaban J connectivity index is 2.34. The monoisotopic (exact) mass is 297 g/mol. The Morgan fingerprint density at radius 1 is 1.50 bits per heavy atom. The van der Waals surface area contributed by atoms with E-state index in [1.54, 1.807) is 23.1 Å². The summed E-state index contributed by atoms with van der Waals surface area (Å²) in [4.78, 5) is 24.7. The van der Waals surface area contributed by atoms with Gasteiger partial charge >= 0.3 is 5.97 Å². The van der Waals surface area contributed by atoms with Crippen molar-refractivity contribution in [2.24, 2.45) is 0 Å². The van der Waals surface area contributed by atoms with Gasteiger partial charge in [-0.2, -0.15) is 0 Å². The third-order valence-corrected chi connectivity index (χ3v) is 3.35. The van der Waals surface area contributed by atoms with Crippen LogP contribution in [0.5, 0.6) is 5.75 Å². The van der Waals surface area contributed by atoms with Crippen molar-refractivity contribution in [3.63, 3.8) is 0 Å². The van der Waals surface area contributed by atoms with Crippen LogP contribution in [0.15, 0.2) is 18.2 Å². The number of unbranched alkanes of at least 4 members (excludes halogenated alkanes) is 1. The number of aliphatic carboxylic acids is 1. The van der Waals surface area contributed by atoms with Gasteiger partial charge in [0.25, 0.3) is 5.91 Å². The molecule has 1 amide bonds. The van der Waals surface area contributed by atoms with Crippen molar-refractivity contribution in [2.75, 3.05) is 11.4 Å². The Bertz CT molecular complexity index is 532. The predicted molar refractivity (Wildman–Crippen MR) is 75.4 cm³/mol. The minimum absolute atomic E-state index is 0.324. The third-order valence-electron chi connectivity index (χ3n) is 3.12. The summed E-state index contributed by atoms with van der Waals surface area (Å²) >= 11 is 5.96. The van der Waals surface area contributed by atoms with Crippen molar-refractivity contribution in [1.82, 2.24) is 0 Å². The summed E-state index contributed by atoms with van der Waals surface area (Å²) in [5.74, 6) is -0.886. The van der Waals surface area contributed by atoms with E-state index in [1.165, 1.54) is 0 Å². The molecule has 20 heavy (non-hydrogen) atoms. The van der Waals surface area contributed by atoms with Crippen LogP contribution in [-0.4, -0.2) is 29.6 Å². The fourth-order valence-electron chi connectivity index (χ4n) is 2.13. The normalized spacial score (nSPS) is 17.6. The molecule has 1 aliphatic rings. The molecular formula is C14H16ClNO4. The van der Waals surface area contributed by atoms with Gasteiger partial charge in [-0.25, -0.2) is 0 Å². The maximum absolute atomic E-state index is 12.3. The van der Waals surface area contributed by atoms with Crippen molar-refractivity contribution < 1.29 is 19.4 Å². The molecule has 0 aromatic heterocycles. The molecule has 1 aromatic carbocycles. The molecule has 1 atom stereocenters. The minimum atomic E-state index is -1.06. The first-order valence-electron chi connectivity index (χ1n) is 6.52. The van der Waals surface area contributed by atoms with E-state index in [1.807, 2.05) is 6.92 Å². The Kier molecular flexibility index (Phi) is 4.49. The van der Waals surface area contributed by atoms with Gasteiger partial charge in [0.2, 0.25) is 0 Å². The van der Waals surface area contributed by atoms with Crippen molar-refractivity contribution in [2.45, 2.75) is 32.3 Å². The van der Waals surface area contributed by atoms with Gasteiger partial charge in [0.15, 0.2) is 6.10 Å². The molecule has 6 heteroatoms. The number of anilines is 1. The van der Waals surface area contributed by atoms with Gasteiger partial charge in [-0.1, -0.05) is 24.9 Å². The topological polar surface area (TPSA) is 66.8 Å². The molecule has 0 saturated carbocycles. The van der Waals surface area contributed by atoms with Crippen LogP contribution in [0.4, 0.5) is 5.69 Å². The van der Waals surface area contributed by atoms with E-state index in [-0.39, 0.29) is 12.3 Å². The van der Waals surface area contributed by atoms with Gasteiger partial charge in [0.1, 0.15) is 5.75 Å². The quantitative estimate of drug-likeness (QED) is 0.907. The average Bonchev–Trinajstić information content (AvgIpc) is 2.39. The molecule has 1 N–H and O–H groups in total. The number of halogens is 1. The number of carboxylic acid groups (broad SMARTS) is 1. The fourth-order valence-corrected chi connectivity index (χ4v) is 2.30. The summed E-state index contributed by atoms with van der Waals surface area (Å²) in [6.45, 7) is 2.56. The van der Waals surface area contributed by atoms with Gasteiger partial charge in [0, 0.05) is 11.6 Å². The first-order valence-corrected chi connectivity index (χ1v) is 6.90. The molecule has 0 saturated heterocycles. The average molecular weight is 298 g/mol. The zero-order valence-electron chi connectivity index (χ0n) is 11.1. The van der Waals surface area contributed by atoms with E-state index in [0.29, 0.717) is 23.0 Å². The van der Waals surface area contributed by atoms with E-state index in [4.69, 9.17) is 21.4 Å². The highest BCUT2D eigenvalue weighted by Crippen LogP contribution is 2.36. The van der Waals surface area contributed by atoms with Crippen molar-refractivity contribution >= 4 is 29.2 Å². The second kappa shape index (κ2) is 6.13. The molecule has 0 radical (unpaired) electrons. The van der Waals surface area contributed by atoms with Crippen molar-refractivity contribution in [1.29, 1.82) is 0 Å². The Hall–Kier alpha value is -1.75. The molecule has 1 unspecified atom stereocenters. The zero-order valence-corrected chi connectivity index (χ0v) is 11.9. The first-order chi connectivity index (χ1) is 9.52. The number of amides is 1. The molecule has 1 heterocycles. The molecule has 0 bridgehead atoms. The van der Waals surface area contributed by atoms with Crippen LogP contribution in [0.2, 0.25) is 5.02 Å². The predicted octanol–water partition coefficient (Wildman–Crippen LogP) is 2.71. The van der Waals surface area contributed by atoms with Gasteiger partial charge in [-0.3, -0.25) is 9.59 Å². The van der Waals surface area contributed by atoms with Crippen LogP contribution in [0, 0.1) is 0 Å². The minimum Gasteiger partial charge on any atom is -0.481 e. The summed E-state index contributed by atoms with van der Waals surface area (Å²) < 4.78 is 5.49. The largest absolute Gasteiger partial charge is 0.481 e. The van der Waals surface area contributed by atoms with Crippen LogP contribution in [0.1, 0.15) is 26.2 Å². The molecule has 0 fully saturated rings. The van der Waals surface area contributed by atoms with E-state index in [9.17, 15) is 9.59 Å². The van der Waals surface area contributed by atoms with E-state index >= 15 is 0 Å². The van der Waals surface area contributed by atoms with Crippen LogP contribution < -0.4 is 9.64 Å². The maximum atomic E-state index is 12.3. The summed E-state index contributed by atoms with van der Waals surface area (Å²) in [7, 11) is 0. The van der Waals surface area contributed by atoms with Crippen molar-refractivity contribution in [3.8, 4) is 5.75 Å². The number of rotatable bonds is 5. The van der Waals surface area contributed by atoms with Crippen molar-refractivity contribution in [3.05, 3.63) is 23.2 Å². The molecule has 0 aliphatic carbocycles. The number of hydrogen-bond donors (Lipinski definition) is 1. The van der Waals surface area contributed by atoms with Crippen LogP contribution in [-0.2, 0) is 9.59 Å². The summed E-state index contributed by atoms with van der Waals surface area (Å²) in [6, 6.07) is 4.99. The number of nitrogens with zero attached hydrogens (tertiary/aromatic N) is 1. The van der Waals surface area contributed by atoms with E-state index < -0.39 is 12.1 Å². The van der Waals surface area contributed by atoms with Gasteiger partial charge < -0.3 is 14.7 Å². The molecule has 1 aliphatic heterocycles. The van der Waals surface area contributed by atoms with Gasteiger partial charge in [-0.05, 0) is 24.6 Å². The summed E-state index contributed by atoms with van der Waals surface area (Å²) in [6.07, 6.45) is 0.448. The Labute approximate surface area is 122 Å². The number of carboxylic acids is 1. The highest BCUT2D eigenvalue weighted by atomic mass is 35.5. The number of fused-ring (bicyclic) bond motifs is 1. The fraction of sp³-hybridized carbons (Fsp3) is 0.429. The number of carbonyl (C=O) groups excluding carboxylic acids is 1. The standard InChI is InChI=1S/C14H16ClNO4/c1-2-3-6-16-10-7-9(15)4-5-11(10)20-12(14(16)19)8-13(17)18/h4-5,7,12H,2-3,6,8H2,1H3,(H,17,18). The second-order valence-corrected chi connectivity index (χ2v) is 5.10. The zero-order chi connectivity index (χ0) is 14.7. The number of ether oxygens (including phenoxy) is 1. The van der Waals surface area contributed by atoms with Gasteiger partial charge in [-0.15, -0.1) is 0 Å². The molecular weight excluding hydrogens is 282 g/mol. The summed E-state index contributed by atoms with van der Waals surface area (Å²) in [5, 5.41) is 9.38. The van der Waals surface area contributed by atoms with Crippen LogP contribution >= 0.6 is 11.6 Å². The van der Waals surface area contributed by atoms with Gasteiger partial charge in [0.05, 0.1) is 12.1 Å². The Morgan fingerprint density at radius 2 is 2.25 bits per heavy atom. The highest BCUT2D eigenvalue weighted by molar-refractivity contribution is 6.31. The van der Waals surface area contributed by atoms with Crippen LogP contribution in [0.25, 0.3) is 0 Å². The number of benzene rings is 1. The molecule has 2 rings (SSSR count). The second-order valence-electron chi connectivity index (χ2n) is 4.66. The number of carbonyl (C=O) groups is 2. The summed E-state index contributed by atoms with van der Waals surface area (Å²) in [5.41, 5.74) is 0.609. The molecule has 108 valence electrons. The maximum Gasteiger partial charge on any atom is 0.307 e. The smallest absolute Gasteiger partial charge is 0.307 e. The highest BCUT2D eigenvalue weighted by Gasteiger charge is 2.35. The number of hydrogen-bond acceptors (Lipinski definition) is 3. The molecule has 1 aromatic rings.